The highest BCUT2D eigenvalue weighted by molar-refractivity contribution is 9.10. The maximum absolute atomic E-state index is 12.2. The summed E-state index contributed by atoms with van der Waals surface area (Å²) in [6.07, 6.45) is 0. The highest BCUT2D eigenvalue weighted by Crippen LogP contribution is 2.27. The molecule has 0 spiro atoms. The van der Waals surface area contributed by atoms with Crippen LogP contribution in [0.1, 0.15) is 18.5 Å². The number of ether oxygens (including phenoxy) is 1. The molecule has 0 aromatic heterocycles. The minimum atomic E-state index is -0.639. The summed E-state index contributed by atoms with van der Waals surface area (Å²) in [5, 5.41) is 3.70. The third kappa shape index (κ3) is 4.22. The lowest BCUT2D eigenvalue weighted by atomic mass is 10.1. The van der Waals surface area contributed by atoms with Crippen LogP contribution < -0.4 is 5.32 Å². The molecule has 0 heterocycles. The number of benzene rings is 2. The van der Waals surface area contributed by atoms with Crippen molar-refractivity contribution >= 4 is 39.2 Å². The van der Waals surface area contributed by atoms with E-state index >= 15 is 0 Å². The van der Waals surface area contributed by atoms with Crippen LogP contribution in [0.25, 0.3) is 0 Å². The molecule has 0 amide bonds. The van der Waals surface area contributed by atoms with E-state index in [1.807, 2.05) is 42.5 Å². The van der Waals surface area contributed by atoms with Crippen LogP contribution in [-0.2, 0) is 9.53 Å². The molecular weight excluding hydrogens is 354 g/mol. The lowest BCUT2D eigenvalue weighted by Gasteiger charge is -2.19. The van der Waals surface area contributed by atoms with Gasteiger partial charge in [-0.15, -0.1) is 0 Å². The number of hydrogen-bond donors (Lipinski definition) is 1. The Morgan fingerprint density at radius 2 is 1.90 bits per heavy atom. The molecule has 1 N–H and O–H groups in total. The summed E-state index contributed by atoms with van der Waals surface area (Å²) in [5.74, 6) is -0.353. The van der Waals surface area contributed by atoms with Gasteiger partial charge < -0.3 is 10.1 Å². The summed E-state index contributed by atoms with van der Waals surface area (Å²) in [4.78, 5) is 12.2. The van der Waals surface area contributed by atoms with Crippen molar-refractivity contribution in [2.75, 3.05) is 11.9 Å². The smallest absolute Gasteiger partial charge is 0.333 e. The third-order valence-corrected chi connectivity index (χ3v) is 3.77. The first-order valence-electron chi connectivity index (χ1n) is 6.55. The molecule has 0 radical (unpaired) electrons. The Labute approximate surface area is 137 Å². The van der Waals surface area contributed by atoms with Gasteiger partial charge in [0, 0.05) is 20.7 Å². The fraction of sp³-hybridized carbons (Fsp3) is 0.188. The molecule has 110 valence electrons. The number of carbonyl (C=O) groups excluding carboxylic acids is 1. The van der Waals surface area contributed by atoms with Gasteiger partial charge in [0.25, 0.3) is 0 Å². The zero-order chi connectivity index (χ0) is 15.2. The average Bonchev–Trinajstić information content (AvgIpc) is 2.48. The number of rotatable bonds is 5. The van der Waals surface area contributed by atoms with Crippen molar-refractivity contribution in [2.45, 2.75) is 13.0 Å². The van der Waals surface area contributed by atoms with Crippen LogP contribution in [0.3, 0.4) is 0 Å². The lowest BCUT2D eigenvalue weighted by Crippen LogP contribution is -2.23. The van der Waals surface area contributed by atoms with E-state index in [1.165, 1.54) is 0 Å². The molecule has 21 heavy (non-hydrogen) atoms. The van der Waals surface area contributed by atoms with Crippen LogP contribution in [0, 0.1) is 0 Å². The zero-order valence-electron chi connectivity index (χ0n) is 11.5. The summed E-state index contributed by atoms with van der Waals surface area (Å²) in [7, 11) is 0. The topological polar surface area (TPSA) is 38.3 Å². The molecule has 1 atom stereocenters. The molecule has 0 aliphatic heterocycles. The summed E-state index contributed by atoms with van der Waals surface area (Å²) in [6, 6.07) is 14.2. The van der Waals surface area contributed by atoms with Crippen LogP contribution in [-0.4, -0.2) is 12.6 Å². The van der Waals surface area contributed by atoms with Gasteiger partial charge in [0.15, 0.2) is 6.04 Å². The number of hydrogen-bond acceptors (Lipinski definition) is 3. The Morgan fingerprint density at radius 1 is 1.24 bits per heavy atom. The third-order valence-electron chi connectivity index (χ3n) is 2.89. The van der Waals surface area contributed by atoms with Crippen LogP contribution >= 0.6 is 27.5 Å². The van der Waals surface area contributed by atoms with E-state index < -0.39 is 6.04 Å². The van der Waals surface area contributed by atoms with Crippen LogP contribution in [0.15, 0.2) is 53.0 Å². The molecule has 5 heteroatoms. The Bertz CT molecular complexity index is 616. The average molecular weight is 369 g/mol. The minimum absolute atomic E-state index is 0.321. The number of halogens is 2. The number of carbonyl (C=O) groups is 1. The highest BCUT2D eigenvalue weighted by Gasteiger charge is 2.23. The summed E-state index contributed by atoms with van der Waals surface area (Å²) >= 11 is 9.58. The monoisotopic (exact) mass is 367 g/mol. The first kappa shape index (κ1) is 15.9. The number of nitrogens with one attached hydrogen (secondary N) is 1. The largest absolute Gasteiger partial charge is 0.464 e. The van der Waals surface area contributed by atoms with Crippen molar-refractivity contribution in [3.05, 3.63) is 63.6 Å². The zero-order valence-corrected chi connectivity index (χ0v) is 13.8. The molecule has 3 nitrogen and oxygen atoms in total. The second-order valence-corrected chi connectivity index (χ2v) is 5.68. The van der Waals surface area contributed by atoms with Crippen LogP contribution in [0.5, 0.6) is 0 Å². The normalized spacial score (nSPS) is 11.8. The Morgan fingerprint density at radius 3 is 2.52 bits per heavy atom. The van der Waals surface area contributed by atoms with E-state index in [2.05, 4.69) is 21.2 Å². The van der Waals surface area contributed by atoms with Gasteiger partial charge in [0.1, 0.15) is 0 Å². The van der Waals surface area contributed by atoms with Crippen molar-refractivity contribution in [1.82, 2.24) is 0 Å². The van der Waals surface area contributed by atoms with E-state index in [0.717, 1.165) is 10.2 Å². The lowest BCUT2D eigenvalue weighted by molar-refractivity contribution is -0.144. The molecule has 0 fully saturated rings. The fourth-order valence-electron chi connectivity index (χ4n) is 1.91. The van der Waals surface area contributed by atoms with Crippen molar-refractivity contribution in [3.63, 3.8) is 0 Å². The first-order chi connectivity index (χ1) is 10.1. The SMILES string of the molecule is CCOC(=O)C(Nc1ccc(Br)cc1)c1ccccc1Cl. The quantitative estimate of drug-likeness (QED) is 0.769. The maximum Gasteiger partial charge on any atom is 0.333 e. The molecular formula is C16H15BrClNO2. The Hall–Kier alpha value is -1.52. The number of anilines is 1. The van der Waals surface area contributed by atoms with Crippen molar-refractivity contribution < 1.29 is 9.53 Å². The van der Waals surface area contributed by atoms with E-state index in [1.54, 1.807) is 13.0 Å². The van der Waals surface area contributed by atoms with Gasteiger partial charge in [-0.2, -0.15) is 0 Å². The second kappa shape index (κ2) is 7.48. The fourth-order valence-corrected chi connectivity index (χ4v) is 2.42. The van der Waals surface area contributed by atoms with Crippen LogP contribution in [0.4, 0.5) is 5.69 Å². The first-order valence-corrected chi connectivity index (χ1v) is 7.72. The highest BCUT2D eigenvalue weighted by atomic mass is 79.9. The van der Waals surface area contributed by atoms with Gasteiger partial charge in [0.2, 0.25) is 0 Å². The van der Waals surface area contributed by atoms with E-state index in [4.69, 9.17) is 16.3 Å². The summed E-state index contributed by atoms with van der Waals surface area (Å²) < 4.78 is 6.11. The second-order valence-electron chi connectivity index (χ2n) is 4.36. The Balaban J connectivity index is 2.30. The van der Waals surface area contributed by atoms with E-state index in [0.29, 0.717) is 17.2 Å². The van der Waals surface area contributed by atoms with Gasteiger partial charge in [0.05, 0.1) is 6.61 Å². The van der Waals surface area contributed by atoms with Crippen molar-refractivity contribution in [2.24, 2.45) is 0 Å². The molecule has 0 saturated heterocycles. The number of esters is 1. The molecule has 2 aromatic rings. The molecule has 2 rings (SSSR count). The Kier molecular flexibility index (Phi) is 5.65. The molecule has 2 aromatic carbocycles. The predicted molar refractivity (Wildman–Crippen MR) is 88.6 cm³/mol. The van der Waals surface area contributed by atoms with Crippen molar-refractivity contribution in [1.29, 1.82) is 0 Å². The van der Waals surface area contributed by atoms with Gasteiger partial charge >= 0.3 is 5.97 Å². The minimum Gasteiger partial charge on any atom is -0.464 e. The summed E-state index contributed by atoms with van der Waals surface area (Å²) in [5.41, 5.74) is 1.51. The van der Waals surface area contributed by atoms with E-state index in [9.17, 15) is 4.79 Å². The molecule has 0 aliphatic rings. The maximum atomic E-state index is 12.2. The van der Waals surface area contributed by atoms with Crippen molar-refractivity contribution in [3.8, 4) is 0 Å². The predicted octanol–water partition coefficient (Wildman–Crippen LogP) is 4.82. The van der Waals surface area contributed by atoms with Crippen LogP contribution in [0.2, 0.25) is 5.02 Å². The molecule has 0 bridgehead atoms. The van der Waals surface area contributed by atoms with E-state index in [-0.39, 0.29) is 5.97 Å². The standard InChI is InChI=1S/C16H15BrClNO2/c1-2-21-16(20)15(13-5-3-4-6-14(13)18)19-12-9-7-11(17)8-10-12/h3-10,15,19H,2H2,1H3. The summed E-state index contributed by atoms with van der Waals surface area (Å²) in [6.45, 7) is 2.10. The molecule has 0 saturated carbocycles. The van der Waals surface area contributed by atoms with Gasteiger partial charge in [-0.05, 0) is 37.3 Å². The van der Waals surface area contributed by atoms with Gasteiger partial charge in [-0.25, -0.2) is 4.79 Å². The molecule has 0 aliphatic carbocycles. The molecule has 1 unspecified atom stereocenters. The van der Waals surface area contributed by atoms with Gasteiger partial charge in [-0.1, -0.05) is 45.7 Å². The van der Waals surface area contributed by atoms with Gasteiger partial charge in [-0.3, -0.25) is 0 Å².